The number of nitrogens with zero attached hydrogens (tertiary/aromatic N) is 4. The first kappa shape index (κ1) is 22.2. The quantitative estimate of drug-likeness (QED) is 0.748. The number of ether oxygens (including phenoxy) is 1. The predicted octanol–water partition coefficient (Wildman–Crippen LogP) is 2.94. The molecule has 1 aromatic carbocycles. The number of amides is 2. The molecule has 1 N–H and O–H groups in total. The molecule has 1 atom stereocenters. The predicted molar refractivity (Wildman–Crippen MR) is 121 cm³/mol. The van der Waals surface area contributed by atoms with Crippen LogP contribution < -0.4 is 5.32 Å². The molecule has 1 fully saturated rings. The van der Waals surface area contributed by atoms with Gasteiger partial charge in [-0.1, -0.05) is 12.1 Å². The van der Waals surface area contributed by atoms with Crippen LogP contribution in [0.2, 0.25) is 0 Å². The van der Waals surface area contributed by atoms with Gasteiger partial charge in [0.15, 0.2) is 5.82 Å². The average Bonchev–Trinajstić information content (AvgIpc) is 3.31. The fourth-order valence-electron chi connectivity index (χ4n) is 4.47. The highest BCUT2D eigenvalue weighted by atomic mass is 16.5. The minimum atomic E-state index is -0.145. The van der Waals surface area contributed by atoms with Gasteiger partial charge in [-0.3, -0.25) is 9.59 Å². The molecule has 2 aliphatic heterocycles. The molecular weight excluding hydrogens is 406 g/mol. The van der Waals surface area contributed by atoms with Crippen LogP contribution in [0.3, 0.4) is 0 Å². The first-order valence-electron chi connectivity index (χ1n) is 11.3. The van der Waals surface area contributed by atoms with Crippen LogP contribution in [0, 0.1) is 0 Å². The van der Waals surface area contributed by atoms with Crippen molar-refractivity contribution >= 4 is 17.6 Å². The normalized spacial score (nSPS) is 17.9. The summed E-state index contributed by atoms with van der Waals surface area (Å²) in [6, 6.07) is 7.49. The molecule has 2 amide bonds. The summed E-state index contributed by atoms with van der Waals surface area (Å²) in [4.78, 5) is 38.5. The molecule has 170 valence electrons. The van der Waals surface area contributed by atoms with Gasteiger partial charge in [-0.25, -0.2) is 9.97 Å². The lowest BCUT2D eigenvalue weighted by Gasteiger charge is -2.30. The molecule has 2 aliphatic rings. The molecule has 0 radical (unpaired) electrons. The Hall–Kier alpha value is -3.00. The third kappa shape index (κ3) is 4.46. The smallest absolute Gasteiger partial charge is 0.254 e. The third-order valence-corrected chi connectivity index (χ3v) is 6.25. The highest BCUT2D eigenvalue weighted by Gasteiger charge is 2.34. The van der Waals surface area contributed by atoms with Crippen LogP contribution in [-0.4, -0.2) is 58.3 Å². The summed E-state index contributed by atoms with van der Waals surface area (Å²) >= 11 is 0. The van der Waals surface area contributed by atoms with Gasteiger partial charge in [0.25, 0.3) is 5.91 Å². The van der Waals surface area contributed by atoms with Crippen molar-refractivity contribution in [3.8, 4) is 0 Å². The summed E-state index contributed by atoms with van der Waals surface area (Å²) in [5, 5.41) is 3.17. The van der Waals surface area contributed by atoms with E-state index in [9.17, 15) is 9.59 Å². The number of fused-ring (bicyclic) bond motifs is 1. The van der Waals surface area contributed by atoms with Crippen molar-refractivity contribution < 1.29 is 14.3 Å². The minimum Gasteiger partial charge on any atom is -0.377 e. The van der Waals surface area contributed by atoms with Crippen molar-refractivity contribution in [2.45, 2.75) is 52.3 Å². The molecular formula is C24H31N5O3. The van der Waals surface area contributed by atoms with E-state index in [0.29, 0.717) is 50.7 Å². The monoisotopic (exact) mass is 437 g/mol. The summed E-state index contributed by atoms with van der Waals surface area (Å²) in [5.74, 6) is 1.49. The van der Waals surface area contributed by atoms with Gasteiger partial charge in [-0.05, 0) is 37.5 Å². The maximum atomic E-state index is 13.3. The standard InChI is InChI=1S/C24H31N5O3/c1-4-32-15-17-7-9-18(10-8-17)24(31)29-12-5-6-21(29)23-26-20-11-13-28(16(2)30)14-19(20)22(25-3)27-23/h7-10,21H,4-6,11-15H2,1-3H3,(H,25,26,27)/t21-/m1/s1. The van der Waals surface area contributed by atoms with Gasteiger partial charge in [0.05, 0.1) is 24.9 Å². The van der Waals surface area contributed by atoms with Gasteiger partial charge in [-0.15, -0.1) is 0 Å². The molecule has 0 saturated carbocycles. The molecule has 4 rings (SSSR count). The van der Waals surface area contributed by atoms with Crippen molar-refractivity contribution in [1.82, 2.24) is 19.8 Å². The van der Waals surface area contributed by atoms with Gasteiger partial charge < -0.3 is 19.9 Å². The van der Waals surface area contributed by atoms with E-state index < -0.39 is 0 Å². The molecule has 32 heavy (non-hydrogen) atoms. The maximum Gasteiger partial charge on any atom is 0.254 e. The Bertz CT molecular complexity index is 975. The molecule has 8 heteroatoms. The zero-order valence-corrected chi connectivity index (χ0v) is 19.1. The second-order valence-electron chi connectivity index (χ2n) is 8.29. The number of carbonyl (C=O) groups is 2. The van der Waals surface area contributed by atoms with E-state index in [-0.39, 0.29) is 17.9 Å². The average molecular weight is 438 g/mol. The largest absolute Gasteiger partial charge is 0.377 e. The Labute approximate surface area is 189 Å². The highest BCUT2D eigenvalue weighted by molar-refractivity contribution is 5.94. The van der Waals surface area contributed by atoms with E-state index in [1.807, 2.05) is 48.0 Å². The fraction of sp³-hybridized carbons (Fsp3) is 0.500. The van der Waals surface area contributed by atoms with Gasteiger partial charge in [0, 0.05) is 51.2 Å². The number of carbonyl (C=O) groups excluding carboxylic acids is 2. The van der Waals surface area contributed by atoms with Crippen LogP contribution in [0.15, 0.2) is 24.3 Å². The van der Waals surface area contributed by atoms with Crippen LogP contribution in [0.25, 0.3) is 0 Å². The summed E-state index contributed by atoms with van der Waals surface area (Å²) in [6.07, 6.45) is 2.46. The lowest BCUT2D eigenvalue weighted by atomic mass is 10.0. The first-order valence-corrected chi connectivity index (χ1v) is 11.3. The van der Waals surface area contributed by atoms with Crippen molar-refractivity contribution in [2.24, 2.45) is 0 Å². The summed E-state index contributed by atoms with van der Waals surface area (Å²) in [5.41, 5.74) is 3.66. The van der Waals surface area contributed by atoms with Crippen molar-refractivity contribution in [2.75, 3.05) is 32.1 Å². The molecule has 1 aromatic heterocycles. The van der Waals surface area contributed by atoms with Gasteiger partial charge in [-0.2, -0.15) is 0 Å². The molecule has 2 aromatic rings. The van der Waals surface area contributed by atoms with Crippen LogP contribution in [0.1, 0.15) is 65.7 Å². The molecule has 0 bridgehead atoms. The summed E-state index contributed by atoms with van der Waals surface area (Å²) in [7, 11) is 1.83. The Balaban J connectivity index is 1.57. The third-order valence-electron chi connectivity index (χ3n) is 6.25. The van der Waals surface area contributed by atoms with Crippen molar-refractivity contribution in [1.29, 1.82) is 0 Å². The second-order valence-corrected chi connectivity index (χ2v) is 8.29. The zero-order valence-electron chi connectivity index (χ0n) is 19.1. The number of hydrogen-bond donors (Lipinski definition) is 1. The van der Waals surface area contributed by atoms with Crippen LogP contribution in [0.4, 0.5) is 5.82 Å². The zero-order chi connectivity index (χ0) is 22.7. The minimum absolute atomic E-state index is 0.00513. The van der Waals surface area contributed by atoms with E-state index >= 15 is 0 Å². The molecule has 0 aliphatic carbocycles. The van der Waals surface area contributed by atoms with Crippen LogP contribution >= 0.6 is 0 Å². The fourth-order valence-corrected chi connectivity index (χ4v) is 4.47. The van der Waals surface area contributed by atoms with E-state index in [0.717, 1.165) is 35.5 Å². The SMILES string of the molecule is CCOCc1ccc(C(=O)N2CCC[C@@H]2c2nc3c(c(NC)n2)CN(C(C)=O)CC3)cc1. The van der Waals surface area contributed by atoms with E-state index in [1.165, 1.54) is 0 Å². The lowest BCUT2D eigenvalue weighted by molar-refractivity contribution is -0.129. The molecule has 0 unspecified atom stereocenters. The molecule has 0 spiro atoms. The Morgan fingerprint density at radius 1 is 1.19 bits per heavy atom. The summed E-state index contributed by atoms with van der Waals surface area (Å²) in [6.45, 7) is 6.63. The van der Waals surface area contributed by atoms with Gasteiger partial charge in [0.2, 0.25) is 5.91 Å². The van der Waals surface area contributed by atoms with E-state index in [4.69, 9.17) is 14.7 Å². The maximum absolute atomic E-state index is 13.3. The lowest BCUT2D eigenvalue weighted by Crippen LogP contribution is -2.36. The van der Waals surface area contributed by atoms with Crippen molar-refractivity contribution in [3.05, 3.63) is 52.5 Å². The number of likely N-dealkylation sites (tertiary alicyclic amines) is 1. The highest BCUT2D eigenvalue weighted by Crippen LogP contribution is 2.34. The van der Waals surface area contributed by atoms with Crippen LogP contribution in [0.5, 0.6) is 0 Å². The first-order chi connectivity index (χ1) is 15.5. The van der Waals surface area contributed by atoms with E-state index in [2.05, 4.69) is 5.32 Å². The van der Waals surface area contributed by atoms with Gasteiger partial charge in [0.1, 0.15) is 5.82 Å². The molecule has 8 nitrogen and oxygen atoms in total. The number of hydrogen-bond acceptors (Lipinski definition) is 6. The number of rotatable bonds is 6. The molecule has 3 heterocycles. The Kier molecular flexibility index (Phi) is 6.69. The van der Waals surface area contributed by atoms with Crippen LogP contribution in [-0.2, 0) is 29.1 Å². The number of benzene rings is 1. The summed E-state index contributed by atoms with van der Waals surface area (Å²) < 4.78 is 5.44. The number of aromatic nitrogens is 2. The number of anilines is 1. The van der Waals surface area contributed by atoms with Crippen molar-refractivity contribution in [3.63, 3.8) is 0 Å². The topological polar surface area (TPSA) is 87.7 Å². The second kappa shape index (κ2) is 9.65. The van der Waals surface area contributed by atoms with Gasteiger partial charge >= 0.3 is 0 Å². The van der Waals surface area contributed by atoms with E-state index in [1.54, 1.807) is 6.92 Å². The Morgan fingerprint density at radius 2 is 1.97 bits per heavy atom. The number of nitrogens with one attached hydrogen (secondary N) is 1. The molecule has 1 saturated heterocycles. The Morgan fingerprint density at radius 3 is 2.66 bits per heavy atom.